The Kier molecular flexibility index (Phi) is 7.64. The van der Waals surface area contributed by atoms with Crippen molar-refractivity contribution in [1.29, 1.82) is 0 Å². The van der Waals surface area contributed by atoms with E-state index >= 15 is 0 Å². The van der Waals surface area contributed by atoms with E-state index in [0.29, 0.717) is 17.3 Å². The van der Waals surface area contributed by atoms with Crippen molar-refractivity contribution in [2.24, 2.45) is 0 Å². The second-order valence-electron chi connectivity index (χ2n) is 8.86. The zero-order valence-corrected chi connectivity index (χ0v) is 21.7. The van der Waals surface area contributed by atoms with Gasteiger partial charge >= 0.3 is 0 Å². The molecule has 0 N–H and O–H groups in total. The molecule has 1 aliphatic rings. The fraction of sp³-hybridized carbons (Fsp3) is 0.250. The van der Waals surface area contributed by atoms with Crippen LogP contribution < -0.4 is 9.47 Å². The first-order valence-corrected chi connectivity index (χ1v) is 13.5. The van der Waals surface area contributed by atoms with Gasteiger partial charge in [-0.3, -0.25) is 4.79 Å². The number of fused-ring (bicyclic) bond motifs is 2. The Bertz CT molecular complexity index is 1520. The molecule has 2 heterocycles. The maximum absolute atomic E-state index is 13.7. The maximum Gasteiger partial charge on any atom is 0.243 e. The molecule has 1 amide bonds. The lowest BCUT2D eigenvalue weighted by Crippen LogP contribution is -2.43. The van der Waals surface area contributed by atoms with Crippen LogP contribution in [0.3, 0.4) is 0 Å². The summed E-state index contributed by atoms with van der Waals surface area (Å²) >= 11 is 0. The summed E-state index contributed by atoms with van der Waals surface area (Å²) in [5, 5.41) is 1.73. The Morgan fingerprint density at radius 3 is 2.53 bits per heavy atom. The number of sulfonamides is 1. The molecule has 4 aromatic rings. The second kappa shape index (κ2) is 11.3. The van der Waals surface area contributed by atoms with Gasteiger partial charge in [-0.25, -0.2) is 8.42 Å². The van der Waals surface area contributed by atoms with Crippen LogP contribution >= 0.6 is 0 Å². The monoisotopic (exact) mass is 536 g/mol. The van der Waals surface area contributed by atoms with Crippen molar-refractivity contribution in [1.82, 2.24) is 9.21 Å². The summed E-state index contributed by atoms with van der Waals surface area (Å²) in [4.78, 5) is 15.3. The standard InChI is InChI=1S/C28H28N2O7S/c1-34-14-12-30(38(32,33)25-10-9-22-5-2-3-6-23(22)16-25)19-28(31)29(18-24-7-4-13-35-24)17-21-8-11-26-27(15-21)37-20-36-26/h2-11,13,15-16H,12,14,17-20H2,1H3. The topological polar surface area (TPSA) is 98.5 Å². The molecule has 0 atom stereocenters. The van der Waals surface area contributed by atoms with Crippen LogP contribution in [0.5, 0.6) is 11.5 Å². The zero-order chi connectivity index (χ0) is 26.5. The number of rotatable bonds is 11. The average Bonchev–Trinajstić information content (AvgIpc) is 3.62. The van der Waals surface area contributed by atoms with Gasteiger partial charge in [0.05, 0.1) is 30.9 Å². The van der Waals surface area contributed by atoms with E-state index in [-0.39, 0.29) is 50.4 Å². The molecule has 0 fully saturated rings. The quantitative estimate of drug-likeness (QED) is 0.285. The van der Waals surface area contributed by atoms with Crippen molar-refractivity contribution < 1.29 is 31.8 Å². The van der Waals surface area contributed by atoms with E-state index in [1.807, 2.05) is 36.4 Å². The molecule has 0 saturated carbocycles. The number of carbonyl (C=O) groups excluding carboxylic acids is 1. The van der Waals surface area contributed by atoms with Crippen molar-refractivity contribution >= 4 is 26.7 Å². The molecule has 0 aliphatic carbocycles. The van der Waals surface area contributed by atoms with E-state index in [1.165, 1.54) is 13.4 Å². The first-order valence-electron chi connectivity index (χ1n) is 12.1. The van der Waals surface area contributed by atoms with Crippen molar-refractivity contribution in [3.05, 3.63) is 90.4 Å². The normalized spacial score (nSPS) is 12.8. The first-order chi connectivity index (χ1) is 18.4. The minimum Gasteiger partial charge on any atom is -0.467 e. The van der Waals surface area contributed by atoms with Gasteiger partial charge in [-0.15, -0.1) is 0 Å². The van der Waals surface area contributed by atoms with E-state index in [4.69, 9.17) is 18.6 Å². The van der Waals surface area contributed by atoms with Crippen LogP contribution in [0, 0.1) is 0 Å². The second-order valence-corrected chi connectivity index (χ2v) is 10.8. The lowest BCUT2D eigenvalue weighted by Gasteiger charge is -2.27. The summed E-state index contributed by atoms with van der Waals surface area (Å²) in [7, 11) is -2.50. The SMILES string of the molecule is COCCN(CC(=O)N(Cc1ccc2c(c1)OCO2)Cc1ccco1)S(=O)(=O)c1ccc2ccccc2c1. The van der Waals surface area contributed by atoms with Gasteiger partial charge in [-0.1, -0.05) is 36.4 Å². The highest BCUT2D eigenvalue weighted by atomic mass is 32.2. The number of benzene rings is 3. The molecule has 0 unspecified atom stereocenters. The number of hydrogen-bond donors (Lipinski definition) is 0. The van der Waals surface area contributed by atoms with Crippen LogP contribution in [-0.2, 0) is 32.6 Å². The number of amides is 1. The van der Waals surface area contributed by atoms with Crippen LogP contribution in [0.1, 0.15) is 11.3 Å². The van der Waals surface area contributed by atoms with Crippen LogP contribution in [0.4, 0.5) is 0 Å². The van der Waals surface area contributed by atoms with Gasteiger partial charge < -0.3 is 23.5 Å². The van der Waals surface area contributed by atoms with Crippen molar-refractivity contribution in [2.45, 2.75) is 18.0 Å². The molecule has 0 saturated heterocycles. The van der Waals surface area contributed by atoms with Crippen molar-refractivity contribution in [3.63, 3.8) is 0 Å². The molecule has 3 aromatic carbocycles. The fourth-order valence-electron chi connectivity index (χ4n) is 4.29. The Morgan fingerprint density at radius 1 is 0.921 bits per heavy atom. The third kappa shape index (κ3) is 5.67. The predicted molar refractivity (Wildman–Crippen MR) is 140 cm³/mol. The van der Waals surface area contributed by atoms with E-state index in [2.05, 4.69) is 0 Å². The predicted octanol–water partition coefficient (Wildman–Crippen LogP) is 4.03. The summed E-state index contributed by atoms with van der Waals surface area (Å²) < 4.78 is 50.1. The smallest absolute Gasteiger partial charge is 0.243 e. The summed E-state index contributed by atoms with van der Waals surface area (Å²) in [6.45, 7) is 0.355. The molecule has 5 rings (SSSR count). The minimum absolute atomic E-state index is 0.0238. The molecule has 38 heavy (non-hydrogen) atoms. The number of carbonyl (C=O) groups is 1. The summed E-state index contributed by atoms with van der Waals surface area (Å²) in [5.41, 5.74) is 0.815. The largest absolute Gasteiger partial charge is 0.467 e. The molecule has 0 spiro atoms. The minimum atomic E-state index is -3.99. The van der Waals surface area contributed by atoms with Gasteiger partial charge in [0.15, 0.2) is 11.5 Å². The Hall–Kier alpha value is -3.86. The lowest BCUT2D eigenvalue weighted by molar-refractivity contribution is -0.133. The molecule has 9 nitrogen and oxygen atoms in total. The van der Waals surface area contributed by atoms with Gasteiger partial charge in [-0.05, 0) is 52.7 Å². The highest BCUT2D eigenvalue weighted by Crippen LogP contribution is 2.33. The average molecular weight is 537 g/mol. The van der Waals surface area contributed by atoms with Crippen LogP contribution in [-0.4, -0.2) is 57.1 Å². The number of hydrogen-bond acceptors (Lipinski definition) is 7. The van der Waals surface area contributed by atoms with Gasteiger partial charge in [0.1, 0.15) is 5.76 Å². The molecular weight excluding hydrogens is 508 g/mol. The lowest BCUT2D eigenvalue weighted by atomic mass is 10.1. The highest BCUT2D eigenvalue weighted by molar-refractivity contribution is 7.89. The third-order valence-electron chi connectivity index (χ3n) is 6.31. The Balaban J connectivity index is 1.41. The first kappa shape index (κ1) is 25.8. The fourth-order valence-corrected chi connectivity index (χ4v) is 5.70. The maximum atomic E-state index is 13.7. The van der Waals surface area contributed by atoms with E-state index in [9.17, 15) is 13.2 Å². The summed E-state index contributed by atoms with van der Waals surface area (Å²) in [6.07, 6.45) is 1.54. The third-order valence-corrected chi connectivity index (χ3v) is 8.15. The number of furan rings is 1. The molecule has 1 aromatic heterocycles. The number of methoxy groups -OCH3 is 1. The van der Waals surface area contributed by atoms with Crippen LogP contribution in [0.25, 0.3) is 10.8 Å². The van der Waals surface area contributed by atoms with Crippen LogP contribution in [0.2, 0.25) is 0 Å². The summed E-state index contributed by atoms with van der Waals surface area (Å²) in [5.74, 6) is 1.46. The molecule has 0 radical (unpaired) electrons. The zero-order valence-electron chi connectivity index (χ0n) is 20.9. The Labute approximate surface area is 221 Å². The van der Waals surface area contributed by atoms with Gasteiger partial charge in [-0.2, -0.15) is 4.31 Å². The molecule has 1 aliphatic heterocycles. The summed E-state index contributed by atoms with van der Waals surface area (Å²) in [6, 6.07) is 21.5. The molecule has 198 valence electrons. The molecule has 0 bridgehead atoms. The van der Waals surface area contributed by atoms with Gasteiger partial charge in [0.25, 0.3) is 0 Å². The van der Waals surface area contributed by atoms with Crippen LogP contribution in [0.15, 0.2) is 88.4 Å². The van der Waals surface area contributed by atoms with Crippen molar-refractivity contribution in [2.75, 3.05) is 33.6 Å². The highest BCUT2D eigenvalue weighted by Gasteiger charge is 2.29. The van der Waals surface area contributed by atoms with Crippen molar-refractivity contribution in [3.8, 4) is 11.5 Å². The van der Waals surface area contributed by atoms with E-state index < -0.39 is 10.0 Å². The Morgan fingerprint density at radius 2 is 1.74 bits per heavy atom. The molecular formula is C28H28N2O7S. The number of ether oxygens (including phenoxy) is 3. The number of nitrogens with zero attached hydrogens (tertiary/aromatic N) is 2. The van der Waals surface area contributed by atoms with E-state index in [0.717, 1.165) is 20.6 Å². The van der Waals surface area contributed by atoms with Gasteiger partial charge in [0.2, 0.25) is 22.7 Å². The van der Waals surface area contributed by atoms with Gasteiger partial charge in [0, 0.05) is 20.2 Å². The molecule has 10 heteroatoms. The van der Waals surface area contributed by atoms with E-state index in [1.54, 1.807) is 41.3 Å².